The third-order valence-electron chi connectivity index (χ3n) is 5.54. The van der Waals surface area contributed by atoms with Crippen LogP contribution in [0.15, 0.2) is 48.5 Å². The average Bonchev–Trinajstić information content (AvgIpc) is 2.77. The molecular formula is C24H31N3O4. The third-order valence-corrected chi connectivity index (χ3v) is 5.54. The van der Waals surface area contributed by atoms with Gasteiger partial charge in [-0.3, -0.25) is 14.5 Å². The van der Waals surface area contributed by atoms with Crippen LogP contribution in [0.4, 0.5) is 0 Å². The van der Waals surface area contributed by atoms with Gasteiger partial charge in [-0.15, -0.1) is 0 Å². The lowest BCUT2D eigenvalue weighted by molar-refractivity contribution is -0.133. The summed E-state index contributed by atoms with van der Waals surface area (Å²) in [6.07, 6.45) is 0. The summed E-state index contributed by atoms with van der Waals surface area (Å²) >= 11 is 0. The van der Waals surface area contributed by atoms with Gasteiger partial charge in [-0.25, -0.2) is 0 Å². The highest BCUT2D eigenvalue weighted by molar-refractivity contribution is 5.85. The standard InChI is InChI=1S/C24H31N3O4/c1-16(2)23-24(29)25-13-14-27(23)15-21(28)26-22(17-5-9-19(30-3)10-6-17)18-7-11-20(31-4)12-8-18/h5-12,16,22-23H,13-15H2,1-4H3,(H,25,29)(H,26,28). The van der Waals surface area contributed by atoms with Gasteiger partial charge in [0.1, 0.15) is 11.5 Å². The monoisotopic (exact) mass is 425 g/mol. The van der Waals surface area contributed by atoms with Crippen LogP contribution in [0, 0.1) is 5.92 Å². The molecule has 2 aromatic rings. The van der Waals surface area contributed by atoms with Crippen molar-refractivity contribution in [3.63, 3.8) is 0 Å². The topological polar surface area (TPSA) is 79.9 Å². The Morgan fingerprint density at radius 3 is 2.00 bits per heavy atom. The number of carbonyl (C=O) groups is 2. The fourth-order valence-corrected chi connectivity index (χ4v) is 3.98. The maximum Gasteiger partial charge on any atom is 0.237 e. The molecule has 0 spiro atoms. The van der Waals surface area contributed by atoms with Crippen molar-refractivity contribution in [1.82, 2.24) is 15.5 Å². The maximum atomic E-state index is 13.1. The van der Waals surface area contributed by atoms with E-state index in [0.29, 0.717) is 13.1 Å². The van der Waals surface area contributed by atoms with E-state index in [0.717, 1.165) is 22.6 Å². The molecule has 1 aliphatic heterocycles. The summed E-state index contributed by atoms with van der Waals surface area (Å²) in [5.41, 5.74) is 1.88. The molecule has 0 radical (unpaired) electrons. The fraction of sp³-hybridized carbons (Fsp3) is 0.417. The van der Waals surface area contributed by atoms with Crippen molar-refractivity contribution in [2.45, 2.75) is 25.9 Å². The zero-order chi connectivity index (χ0) is 22.4. The Hall–Kier alpha value is -3.06. The maximum absolute atomic E-state index is 13.1. The van der Waals surface area contributed by atoms with E-state index >= 15 is 0 Å². The first kappa shape index (κ1) is 22.6. The molecule has 3 rings (SSSR count). The first-order valence-electron chi connectivity index (χ1n) is 10.5. The fourth-order valence-electron chi connectivity index (χ4n) is 3.98. The van der Waals surface area contributed by atoms with Gasteiger partial charge in [0.15, 0.2) is 0 Å². The van der Waals surface area contributed by atoms with Gasteiger partial charge in [0.25, 0.3) is 0 Å². The highest BCUT2D eigenvalue weighted by atomic mass is 16.5. The molecule has 31 heavy (non-hydrogen) atoms. The Bertz CT molecular complexity index is 833. The molecule has 2 N–H and O–H groups in total. The van der Waals surface area contributed by atoms with Gasteiger partial charge >= 0.3 is 0 Å². The van der Waals surface area contributed by atoms with E-state index in [-0.39, 0.29) is 36.4 Å². The summed E-state index contributed by atoms with van der Waals surface area (Å²) in [5.74, 6) is 1.48. The highest BCUT2D eigenvalue weighted by Crippen LogP contribution is 2.26. The molecule has 1 fully saturated rings. The van der Waals surface area contributed by atoms with Crippen LogP contribution < -0.4 is 20.1 Å². The Balaban J connectivity index is 1.81. The number of carbonyl (C=O) groups excluding carboxylic acids is 2. The summed E-state index contributed by atoms with van der Waals surface area (Å²) in [4.78, 5) is 27.3. The number of methoxy groups -OCH3 is 2. The predicted octanol–water partition coefficient (Wildman–Crippen LogP) is 2.37. The molecule has 1 saturated heterocycles. The quantitative estimate of drug-likeness (QED) is 0.679. The number of nitrogens with one attached hydrogen (secondary N) is 2. The summed E-state index contributed by atoms with van der Waals surface area (Å²) in [6, 6.07) is 14.6. The average molecular weight is 426 g/mol. The third kappa shape index (κ3) is 5.55. The van der Waals surface area contributed by atoms with Crippen molar-refractivity contribution in [2.24, 2.45) is 5.92 Å². The molecule has 7 heteroatoms. The van der Waals surface area contributed by atoms with E-state index in [4.69, 9.17) is 9.47 Å². The smallest absolute Gasteiger partial charge is 0.237 e. The molecule has 0 saturated carbocycles. The number of hydrogen-bond donors (Lipinski definition) is 2. The molecule has 0 aliphatic carbocycles. The van der Waals surface area contributed by atoms with Crippen LogP contribution in [0.3, 0.4) is 0 Å². The molecule has 0 aromatic heterocycles. The van der Waals surface area contributed by atoms with Gasteiger partial charge in [-0.1, -0.05) is 38.1 Å². The number of benzene rings is 2. The summed E-state index contributed by atoms with van der Waals surface area (Å²) in [5, 5.41) is 6.05. The molecule has 7 nitrogen and oxygen atoms in total. The van der Waals surface area contributed by atoms with Crippen LogP contribution in [0.1, 0.15) is 31.0 Å². The van der Waals surface area contributed by atoms with E-state index in [1.54, 1.807) is 14.2 Å². The largest absolute Gasteiger partial charge is 0.497 e. The van der Waals surface area contributed by atoms with E-state index in [2.05, 4.69) is 10.6 Å². The lowest BCUT2D eigenvalue weighted by atomic mass is 9.97. The molecule has 1 aliphatic rings. The molecule has 2 aromatic carbocycles. The molecule has 1 atom stereocenters. The van der Waals surface area contributed by atoms with Gasteiger partial charge in [0, 0.05) is 13.1 Å². The van der Waals surface area contributed by atoms with E-state index in [1.807, 2.05) is 67.3 Å². The van der Waals surface area contributed by atoms with Crippen LogP contribution in [-0.2, 0) is 9.59 Å². The van der Waals surface area contributed by atoms with Gasteiger partial charge in [-0.05, 0) is 41.3 Å². The van der Waals surface area contributed by atoms with Gasteiger partial charge < -0.3 is 20.1 Å². The van der Waals surface area contributed by atoms with E-state index in [9.17, 15) is 9.59 Å². The number of rotatable bonds is 8. The van der Waals surface area contributed by atoms with Crippen molar-refractivity contribution in [2.75, 3.05) is 33.9 Å². The van der Waals surface area contributed by atoms with Crippen LogP contribution >= 0.6 is 0 Å². The van der Waals surface area contributed by atoms with E-state index < -0.39 is 0 Å². The van der Waals surface area contributed by atoms with Crippen molar-refractivity contribution in [3.8, 4) is 11.5 Å². The number of hydrogen-bond acceptors (Lipinski definition) is 5. The van der Waals surface area contributed by atoms with Crippen LogP contribution in [0.5, 0.6) is 11.5 Å². The minimum atomic E-state index is -0.333. The lowest BCUT2D eigenvalue weighted by Gasteiger charge is -2.37. The first-order chi connectivity index (χ1) is 14.9. The zero-order valence-electron chi connectivity index (χ0n) is 18.6. The van der Waals surface area contributed by atoms with Crippen molar-refractivity contribution in [1.29, 1.82) is 0 Å². The number of amides is 2. The Labute approximate surface area is 183 Å². The Kier molecular flexibility index (Phi) is 7.52. The number of ether oxygens (including phenoxy) is 2. The Morgan fingerprint density at radius 2 is 1.55 bits per heavy atom. The second-order valence-corrected chi connectivity index (χ2v) is 8.00. The second kappa shape index (κ2) is 10.3. The highest BCUT2D eigenvalue weighted by Gasteiger charge is 2.33. The lowest BCUT2D eigenvalue weighted by Crippen LogP contribution is -2.59. The Morgan fingerprint density at radius 1 is 1.03 bits per heavy atom. The first-order valence-corrected chi connectivity index (χ1v) is 10.5. The van der Waals surface area contributed by atoms with Gasteiger partial charge in [-0.2, -0.15) is 0 Å². The SMILES string of the molecule is COc1ccc(C(NC(=O)CN2CCNC(=O)C2C(C)C)c2ccc(OC)cc2)cc1. The van der Waals surface area contributed by atoms with Crippen molar-refractivity contribution >= 4 is 11.8 Å². The second-order valence-electron chi connectivity index (χ2n) is 8.00. The minimum Gasteiger partial charge on any atom is -0.497 e. The van der Waals surface area contributed by atoms with Gasteiger partial charge in [0.2, 0.25) is 11.8 Å². The van der Waals surface area contributed by atoms with E-state index in [1.165, 1.54) is 0 Å². The van der Waals surface area contributed by atoms with Crippen molar-refractivity contribution < 1.29 is 19.1 Å². The molecule has 0 bridgehead atoms. The molecule has 1 heterocycles. The molecule has 2 amide bonds. The molecular weight excluding hydrogens is 394 g/mol. The normalized spacial score (nSPS) is 16.8. The molecule has 1 unspecified atom stereocenters. The number of piperazine rings is 1. The zero-order valence-corrected chi connectivity index (χ0v) is 18.6. The van der Waals surface area contributed by atoms with Crippen molar-refractivity contribution in [3.05, 3.63) is 59.7 Å². The summed E-state index contributed by atoms with van der Waals surface area (Å²) in [6.45, 7) is 5.36. The minimum absolute atomic E-state index is 0.0177. The van der Waals surface area contributed by atoms with Gasteiger partial charge in [0.05, 0.1) is 32.8 Å². The summed E-state index contributed by atoms with van der Waals surface area (Å²) < 4.78 is 10.5. The van der Waals surface area contributed by atoms with Crippen LogP contribution in [0.2, 0.25) is 0 Å². The summed E-state index contributed by atoms with van der Waals surface area (Å²) in [7, 11) is 3.25. The van der Waals surface area contributed by atoms with Crippen LogP contribution in [-0.4, -0.2) is 56.6 Å². The van der Waals surface area contributed by atoms with Crippen LogP contribution in [0.25, 0.3) is 0 Å². The number of nitrogens with zero attached hydrogens (tertiary/aromatic N) is 1. The molecule has 166 valence electrons. The predicted molar refractivity (Wildman–Crippen MR) is 119 cm³/mol.